The van der Waals surface area contributed by atoms with E-state index < -0.39 is 0 Å². The zero-order chi connectivity index (χ0) is 18.8. The normalized spacial score (nSPS) is 21.1. The lowest BCUT2D eigenvalue weighted by Gasteiger charge is -2.35. The lowest BCUT2D eigenvalue weighted by Crippen LogP contribution is -2.50. The highest BCUT2D eigenvalue weighted by molar-refractivity contribution is 5.95. The summed E-state index contributed by atoms with van der Waals surface area (Å²) in [5, 5.41) is 0. The molecule has 2 fully saturated rings. The fourth-order valence-electron chi connectivity index (χ4n) is 4.20. The van der Waals surface area contributed by atoms with Crippen molar-refractivity contribution in [3.8, 4) is 0 Å². The van der Waals surface area contributed by atoms with Crippen molar-refractivity contribution in [1.29, 1.82) is 0 Å². The Morgan fingerprint density at radius 1 is 1.22 bits per heavy atom. The lowest BCUT2D eigenvalue weighted by atomic mass is 10.1. The van der Waals surface area contributed by atoms with Gasteiger partial charge in [-0.05, 0) is 44.9 Å². The van der Waals surface area contributed by atoms with Gasteiger partial charge >= 0.3 is 0 Å². The van der Waals surface area contributed by atoms with Gasteiger partial charge in [-0.25, -0.2) is 0 Å². The molecule has 4 rings (SSSR count). The first-order valence-electron chi connectivity index (χ1n) is 9.94. The van der Waals surface area contributed by atoms with Crippen molar-refractivity contribution in [3.63, 3.8) is 0 Å². The number of hydrogen-bond acceptors (Lipinski definition) is 4. The molecule has 146 valence electrons. The van der Waals surface area contributed by atoms with Gasteiger partial charge < -0.3 is 18.6 Å². The van der Waals surface area contributed by atoms with Gasteiger partial charge in [0.2, 0.25) is 0 Å². The largest absolute Gasteiger partial charge is 0.467 e. The van der Waals surface area contributed by atoms with Crippen LogP contribution in [-0.2, 0) is 11.3 Å². The number of carbonyl (C=O) groups is 1. The Kier molecular flexibility index (Phi) is 5.36. The molecule has 6 nitrogen and oxygen atoms in total. The molecule has 1 unspecified atom stereocenters. The molecule has 1 atom stereocenters. The van der Waals surface area contributed by atoms with Crippen molar-refractivity contribution in [1.82, 2.24) is 14.4 Å². The summed E-state index contributed by atoms with van der Waals surface area (Å²) in [6, 6.07) is 5.87. The summed E-state index contributed by atoms with van der Waals surface area (Å²) < 4.78 is 13.4. The number of nitrogens with zero attached hydrogens (tertiary/aromatic N) is 3. The van der Waals surface area contributed by atoms with Crippen LogP contribution in [0.1, 0.15) is 40.3 Å². The molecular weight excluding hydrogens is 342 g/mol. The molecule has 0 saturated carbocycles. The average Bonchev–Trinajstić information content (AvgIpc) is 3.41. The number of hydrogen-bond donors (Lipinski definition) is 0. The molecule has 2 aliphatic heterocycles. The van der Waals surface area contributed by atoms with Crippen LogP contribution in [0.15, 0.2) is 28.9 Å². The summed E-state index contributed by atoms with van der Waals surface area (Å²) in [6.45, 7) is 10.1. The van der Waals surface area contributed by atoms with E-state index in [4.69, 9.17) is 9.15 Å². The fourth-order valence-corrected chi connectivity index (χ4v) is 4.20. The zero-order valence-electron chi connectivity index (χ0n) is 16.3. The van der Waals surface area contributed by atoms with Crippen molar-refractivity contribution in [3.05, 3.63) is 47.2 Å². The number of aryl methyl sites for hydroxylation is 1. The van der Waals surface area contributed by atoms with E-state index in [0.717, 1.165) is 62.0 Å². The van der Waals surface area contributed by atoms with Gasteiger partial charge in [-0.15, -0.1) is 0 Å². The maximum Gasteiger partial charge on any atom is 0.255 e. The van der Waals surface area contributed by atoms with E-state index in [1.807, 2.05) is 36.9 Å². The van der Waals surface area contributed by atoms with E-state index in [0.29, 0.717) is 12.6 Å². The van der Waals surface area contributed by atoms with Crippen LogP contribution in [-0.4, -0.2) is 65.7 Å². The third-order valence-corrected chi connectivity index (χ3v) is 5.84. The first-order valence-corrected chi connectivity index (χ1v) is 9.94. The summed E-state index contributed by atoms with van der Waals surface area (Å²) in [5.41, 5.74) is 2.91. The van der Waals surface area contributed by atoms with Gasteiger partial charge in [0.25, 0.3) is 5.91 Å². The maximum absolute atomic E-state index is 13.1. The first-order chi connectivity index (χ1) is 13.1. The fraction of sp³-hybridized carbons (Fsp3) is 0.571. The topological polar surface area (TPSA) is 50.9 Å². The Balaban J connectivity index is 1.38. The standard InChI is InChI=1S/C21H29N3O3/c1-16-13-20(17(2)24(16)15-19-6-4-12-27-19)21(25)23-9-7-22(8-10-23)14-18-5-3-11-26-18/h4,6,12-13,18H,3,5,7-11,14-15H2,1-2H3. The predicted octanol–water partition coefficient (Wildman–Crippen LogP) is 2.68. The molecule has 2 aromatic heterocycles. The second kappa shape index (κ2) is 7.90. The molecule has 0 N–H and O–H groups in total. The molecule has 0 spiro atoms. The van der Waals surface area contributed by atoms with Crippen LogP contribution in [0.3, 0.4) is 0 Å². The van der Waals surface area contributed by atoms with Gasteiger partial charge in [-0.3, -0.25) is 9.69 Å². The van der Waals surface area contributed by atoms with E-state index in [1.165, 1.54) is 12.8 Å². The molecule has 27 heavy (non-hydrogen) atoms. The number of carbonyl (C=O) groups excluding carboxylic acids is 1. The van der Waals surface area contributed by atoms with Crippen molar-refractivity contribution in [2.75, 3.05) is 39.3 Å². The Hall–Kier alpha value is -2.05. The molecule has 4 heterocycles. The van der Waals surface area contributed by atoms with Crippen molar-refractivity contribution < 1.29 is 13.9 Å². The number of amides is 1. The van der Waals surface area contributed by atoms with Crippen LogP contribution in [0.4, 0.5) is 0 Å². The maximum atomic E-state index is 13.1. The highest BCUT2D eigenvalue weighted by Crippen LogP contribution is 2.20. The Morgan fingerprint density at radius 2 is 2.04 bits per heavy atom. The Labute approximate surface area is 160 Å². The third kappa shape index (κ3) is 3.96. The molecule has 0 aromatic carbocycles. The van der Waals surface area contributed by atoms with Crippen LogP contribution in [0, 0.1) is 13.8 Å². The number of furan rings is 1. The average molecular weight is 371 g/mol. The van der Waals surface area contributed by atoms with Crippen LogP contribution in [0.5, 0.6) is 0 Å². The summed E-state index contributed by atoms with van der Waals surface area (Å²) >= 11 is 0. The second-order valence-corrected chi connectivity index (χ2v) is 7.68. The highest BCUT2D eigenvalue weighted by atomic mass is 16.5. The Bertz CT molecular complexity index is 767. The molecule has 1 amide bonds. The molecule has 0 radical (unpaired) electrons. The first kappa shape index (κ1) is 18.3. The molecule has 0 aliphatic carbocycles. The lowest BCUT2D eigenvalue weighted by molar-refractivity contribution is 0.0432. The number of aromatic nitrogens is 1. The van der Waals surface area contributed by atoms with Gasteiger partial charge in [-0.1, -0.05) is 0 Å². The van der Waals surface area contributed by atoms with Crippen molar-refractivity contribution in [2.24, 2.45) is 0 Å². The zero-order valence-corrected chi connectivity index (χ0v) is 16.3. The summed E-state index contributed by atoms with van der Waals surface area (Å²) in [7, 11) is 0. The minimum atomic E-state index is 0.144. The van der Waals surface area contributed by atoms with Gasteiger partial charge in [0.05, 0.1) is 24.5 Å². The third-order valence-electron chi connectivity index (χ3n) is 5.84. The van der Waals surface area contributed by atoms with Gasteiger partial charge in [0.1, 0.15) is 5.76 Å². The summed E-state index contributed by atoms with van der Waals surface area (Å²) in [6.07, 6.45) is 4.41. The molecule has 2 aromatic rings. The molecule has 2 aliphatic rings. The molecule has 6 heteroatoms. The summed E-state index contributed by atoms with van der Waals surface area (Å²) in [5.74, 6) is 1.05. The number of ether oxygens (including phenoxy) is 1. The second-order valence-electron chi connectivity index (χ2n) is 7.68. The van der Waals surface area contributed by atoms with Crippen LogP contribution in [0.25, 0.3) is 0 Å². The minimum Gasteiger partial charge on any atom is -0.467 e. The predicted molar refractivity (Wildman–Crippen MR) is 103 cm³/mol. The molecule has 2 saturated heterocycles. The summed E-state index contributed by atoms with van der Waals surface area (Å²) in [4.78, 5) is 17.5. The van der Waals surface area contributed by atoms with Gasteiger partial charge in [-0.2, -0.15) is 0 Å². The van der Waals surface area contributed by atoms with Gasteiger partial charge in [0.15, 0.2) is 0 Å². The Morgan fingerprint density at radius 3 is 2.70 bits per heavy atom. The molecular formula is C21H29N3O3. The minimum absolute atomic E-state index is 0.144. The smallest absolute Gasteiger partial charge is 0.255 e. The molecule has 0 bridgehead atoms. The quantitative estimate of drug-likeness (QED) is 0.811. The SMILES string of the molecule is Cc1cc(C(=O)N2CCN(CC3CCCO3)CC2)c(C)n1Cc1ccco1. The monoisotopic (exact) mass is 371 g/mol. The van der Waals surface area contributed by atoms with Crippen LogP contribution < -0.4 is 0 Å². The highest BCUT2D eigenvalue weighted by Gasteiger charge is 2.27. The van der Waals surface area contributed by atoms with Crippen LogP contribution in [0.2, 0.25) is 0 Å². The number of rotatable bonds is 5. The van der Waals surface area contributed by atoms with Crippen LogP contribution >= 0.6 is 0 Å². The van der Waals surface area contributed by atoms with E-state index in [-0.39, 0.29) is 5.91 Å². The van der Waals surface area contributed by atoms with E-state index in [2.05, 4.69) is 9.47 Å². The van der Waals surface area contributed by atoms with Crippen molar-refractivity contribution >= 4 is 5.91 Å². The van der Waals surface area contributed by atoms with Crippen molar-refractivity contribution in [2.45, 2.75) is 39.3 Å². The van der Waals surface area contributed by atoms with E-state index in [1.54, 1.807) is 6.26 Å². The number of piperazine rings is 1. The van der Waals surface area contributed by atoms with Gasteiger partial charge in [0, 0.05) is 50.7 Å². The van der Waals surface area contributed by atoms with E-state index in [9.17, 15) is 4.79 Å². The van der Waals surface area contributed by atoms with E-state index >= 15 is 0 Å².